The molecule has 0 radical (unpaired) electrons. The molecule has 1 unspecified atom stereocenters. The molecule has 3 nitrogen and oxygen atoms in total. The van der Waals surface area contributed by atoms with E-state index in [1.807, 2.05) is 11.3 Å². The molecular weight excluding hydrogens is 627 g/mol. The van der Waals surface area contributed by atoms with E-state index in [1.165, 1.54) is 69.4 Å². The number of allylic oxidation sites excluding steroid dienone is 1. The van der Waals surface area contributed by atoms with Gasteiger partial charge in [0.1, 0.15) is 0 Å². The van der Waals surface area contributed by atoms with Crippen molar-refractivity contribution in [1.82, 2.24) is 4.57 Å². The summed E-state index contributed by atoms with van der Waals surface area (Å²) in [6.45, 7) is 0. The zero-order valence-electron chi connectivity index (χ0n) is 27.2. The van der Waals surface area contributed by atoms with E-state index in [0.717, 1.165) is 41.2 Å². The highest BCUT2D eigenvalue weighted by Gasteiger charge is 2.26. The highest BCUT2D eigenvalue weighted by Crippen LogP contribution is 2.45. The van der Waals surface area contributed by atoms with Crippen LogP contribution in [0.3, 0.4) is 0 Å². The van der Waals surface area contributed by atoms with E-state index in [1.54, 1.807) is 0 Å². The quantitative estimate of drug-likeness (QED) is 0.201. The summed E-state index contributed by atoms with van der Waals surface area (Å²) in [6.07, 6.45) is 6.92. The van der Waals surface area contributed by atoms with Crippen molar-refractivity contribution in [2.75, 3.05) is 5.32 Å². The number of hydrogen-bond acceptors (Lipinski definition) is 3. The number of aromatic nitrogens is 1. The smallest absolute Gasteiger partial charge is 0.0947 e. The summed E-state index contributed by atoms with van der Waals surface area (Å²) in [4.78, 5) is 5.23. The van der Waals surface area contributed by atoms with E-state index >= 15 is 0 Å². The maximum atomic E-state index is 5.23. The summed E-state index contributed by atoms with van der Waals surface area (Å²) in [7, 11) is 0. The number of rotatable bonds is 3. The van der Waals surface area contributed by atoms with Gasteiger partial charge in [0.05, 0.1) is 34.2 Å². The fourth-order valence-electron chi connectivity index (χ4n) is 8.35. The van der Waals surface area contributed by atoms with Gasteiger partial charge in [0.25, 0.3) is 0 Å². The van der Waals surface area contributed by atoms with Crippen LogP contribution < -0.4 is 5.32 Å². The predicted octanol–water partition coefficient (Wildman–Crippen LogP) is 12.6. The molecule has 236 valence electrons. The van der Waals surface area contributed by atoms with Gasteiger partial charge >= 0.3 is 0 Å². The van der Waals surface area contributed by atoms with Crippen LogP contribution in [0.4, 0.5) is 11.4 Å². The average molecular weight is 658 g/mol. The third-order valence-corrected chi connectivity index (χ3v) is 11.8. The third kappa shape index (κ3) is 4.12. The van der Waals surface area contributed by atoms with Crippen LogP contribution in [0, 0.1) is 0 Å². The molecule has 1 atom stereocenters. The summed E-state index contributed by atoms with van der Waals surface area (Å²) in [5, 5.41) is 11.7. The Bertz CT molecular complexity index is 2890. The molecule has 7 aromatic carbocycles. The summed E-state index contributed by atoms with van der Waals surface area (Å²) in [6, 6.07) is 50.9. The Morgan fingerprint density at radius 1 is 0.660 bits per heavy atom. The second kappa shape index (κ2) is 10.8. The Hall–Kier alpha value is -5.97. The maximum absolute atomic E-state index is 5.23. The number of aliphatic imine (C=N–C) groups is 1. The van der Waals surface area contributed by atoms with Gasteiger partial charge in [-0.25, -0.2) is 4.99 Å². The molecule has 0 bridgehead atoms. The van der Waals surface area contributed by atoms with Crippen molar-refractivity contribution in [1.29, 1.82) is 0 Å². The summed E-state index contributed by atoms with van der Waals surface area (Å²) >= 11 is 1.91. The van der Waals surface area contributed by atoms with Gasteiger partial charge in [-0.05, 0) is 94.4 Å². The summed E-state index contributed by atoms with van der Waals surface area (Å²) in [5.41, 5.74) is 11.8. The predicted molar refractivity (Wildman–Crippen MR) is 214 cm³/mol. The number of nitrogens with one attached hydrogen (secondary N) is 1. The van der Waals surface area contributed by atoms with Crippen LogP contribution in [0.25, 0.3) is 64.5 Å². The highest BCUT2D eigenvalue weighted by atomic mass is 32.1. The van der Waals surface area contributed by atoms with Gasteiger partial charge in [-0.1, -0.05) is 103 Å². The van der Waals surface area contributed by atoms with Crippen molar-refractivity contribution >= 4 is 87.2 Å². The normalized spacial score (nSPS) is 15.4. The molecule has 0 saturated heterocycles. The summed E-state index contributed by atoms with van der Waals surface area (Å²) in [5.74, 6) is 0. The fourth-order valence-corrected chi connectivity index (χ4v) is 9.49. The van der Waals surface area contributed by atoms with Gasteiger partial charge in [0.15, 0.2) is 0 Å². The number of hydrogen-bond donors (Lipinski definition) is 1. The number of para-hydroxylation sites is 2. The largest absolute Gasteiger partial charge is 0.371 e. The number of nitrogens with zero attached hydrogens (tertiary/aromatic N) is 2. The Morgan fingerprint density at radius 3 is 2.42 bits per heavy atom. The van der Waals surface area contributed by atoms with Crippen LogP contribution >= 0.6 is 11.3 Å². The molecule has 4 heteroatoms. The number of thiophene rings is 1. The minimum atomic E-state index is -0.0432. The van der Waals surface area contributed by atoms with Crippen molar-refractivity contribution in [2.45, 2.75) is 18.9 Å². The van der Waals surface area contributed by atoms with Gasteiger partial charge in [0, 0.05) is 36.6 Å². The average Bonchev–Trinajstić information content (AvgIpc) is 3.72. The highest BCUT2D eigenvalue weighted by molar-refractivity contribution is 7.26. The molecule has 1 aliphatic heterocycles. The first-order valence-electron chi connectivity index (χ1n) is 17.4. The molecular formula is C46H31N3S. The van der Waals surface area contributed by atoms with Gasteiger partial charge in [-0.2, -0.15) is 0 Å². The first-order valence-corrected chi connectivity index (χ1v) is 18.2. The third-order valence-electron chi connectivity index (χ3n) is 10.7. The molecule has 9 aromatic rings. The van der Waals surface area contributed by atoms with Crippen molar-refractivity contribution in [3.63, 3.8) is 0 Å². The van der Waals surface area contributed by atoms with E-state index in [4.69, 9.17) is 4.99 Å². The molecule has 0 spiro atoms. The monoisotopic (exact) mass is 657 g/mol. The number of fused-ring (bicyclic) bond motifs is 11. The molecule has 0 amide bonds. The molecule has 50 heavy (non-hydrogen) atoms. The van der Waals surface area contributed by atoms with E-state index in [2.05, 4.69) is 162 Å². The first kappa shape index (κ1) is 27.9. The zero-order valence-corrected chi connectivity index (χ0v) is 28.0. The second-order valence-electron chi connectivity index (χ2n) is 13.5. The molecule has 1 N–H and O–H groups in total. The Morgan fingerprint density at radius 2 is 1.50 bits per heavy atom. The Balaban J connectivity index is 1.14. The fraction of sp³-hybridized carbons (Fsp3) is 0.0652. The molecule has 2 aromatic heterocycles. The van der Waals surface area contributed by atoms with E-state index in [9.17, 15) is 0 Å². The lowest BCUT2D eigenvalue weighted by Crippen LogP contribution is -2.24. The number of aryl methyl sites for hydroxylation is 1. The van der Waals surface area contributed by atoms with Gasteiger partial charge in [-0.15, -0.1) is 11.3 Å². The molecule has 3 heterocycles. The Labute approximate surface area is 293 Å². The van der Waals surface area contributed by atoms with Crippen molar-refractivity contribution in [3.8, 4) is 5.69 Å². The van der Waals surface area contributed by atoms with E-state index in [0.29, 0.717) is 0 Å². The lowest BCUT2D eigenvalue weighted by molar-refractivity contribution is 0.990. The van der Waals surface area contributed by atoms with Crippen molar-refractivity contribution in [3.05, 3.63) is 168 Å². The topological polar surface area (TPSA) is 29.3 Å². The lowest BCUT2D eigenvalue weighted by atomic mass is 9.93. The minimum Gasteiger partial charge on any atom is -0.371 e. The molecule has 1 aliphatic carbocycles. The molecule has 2 aliphatic rings. The number of anilines is 1. The summed E-state index contributed by atoms with van der Waals surface area (Å²) < 4.78 is 5.15. The number of benzene rings is 7. The van der Waals surface area contributed by atoms with Crippen LogP contribution in [0.5, 0.6) is 0 Å². The standard InChI is InChI=1S/C46H31N3S/c1-2-12-30(13-3-1)45-46(48-38-17-9-8-16-37(38)47-45)31-18-22-32(23-19-31)49-39-24-20-28-10-4-6-14-33(28)43(39)35-26-36-42(27-40(35)49)50-41-25-21-29-11-5-7-15-34(29)44(36)41/h1-4,6-10,12-27,45,47H,5,11H2. The van der Waals surface area contributed by atoms with Crippen molar-refractivity contribution < 1.29 is 0 Å². The molecule has 0 saturated carbocycles. The Kier molecular flexibility index (Phi) is 6.01. The van der Waals surface area contributed by atoms with Gasteiger partial charge in [0.2, 0.25) is 0 Å². The minimum absolute atomic E-state index is 0.0432. The maximum Gasteiger partial charge on any atom is 0.0947 e. The van der Waals surface area contributed by atoms with Crippen LogP contribution in [0.15, 0.2) is 151 Å². The van der Waals surface area contributed by atoms with Gasteiger partial charge in [-0.3, -0.25) is 0 Å². The second-order valence-corrected chi connectivity index (χ2v) is 14.6. The van der Waals surface area contributed by atoms with E-state index < -0.39 is 0 Å². The van der Waals surface area contributed by atoms with Crippen LogP contribution in [0.1, 0.15) is 34.7 Å². The van der Waals surface area contributed by atoms with E-state index in [-0.39, 0.29) is 6.04 Å². The zero-order chi connectivity index (χ0) is 32.8. The van der Waals surface area contributed by atoms with Crippen LogP contribution in [0.2, 0.25) is 0 Å². The SMILES string of the molecule is C1=Cc2c(ccc3sc4cc5c(cc4c23)c2c3ccccc3ccc2n5-c2ccc(C3=Nc4ccccc4NC3c3ccccc3)cc2)CC1. The van der Waals surface area contributed by atoms with Crippen LogP contribution in [-0.4, -0.2) is 10.3 Å². The lowest BCUT2D eigenvalue weighted by Gasteiger charge is -2.28. The molecule has 11 rings (SSSR count). The van der Waals surface area contributed by atoms with Crippen LogP contribution in [-0.2, 0) is 6.42 Å². The molecule has 0 fully saturated rings. The van der Waals surface area contributed by atoms with Crippen molar-refractivity contribution in [2.24, 2.45) is 4.99 Å². The first-order chi connectivity index (χ1) is 24.8. The van der Waals surface area contributed by atoms with Gasteiger partial charge < -0.3 is 9.88 Å².